The largest absolute Gasteiger partial charge is 0.391 e. The van der Waals surface area contributed by atoms with Gasteiger partial charge in [0.2, 0.25) is 0 Å². The molecule has 168 valence electrons. The van der Waals surface area contributed by atoms with Crippen LogP contribution in [0.2, 0.25) is 10.0 Å². The molecule has 0 bridgehead atoms. The van der Waals surface area contributed by atoms with E-state index in [0.717, 1.165) is 17.0 Å². The Kier molecular flexibility index (Phi) is 6.69. The summed E-state index contributed by atoms with van der Waals surface area (Å²) in [5.41, 5.74) is 1.99. The Labute approximate surface area is 197 Å². The highest BCUT2D eigenvalue weighted by Gasteiger charge is 2.39. The molecule has 3 atom stereocenters. The second-order valence-corrected chi connectivity index (χ2v) is 8.97. The summed E-state index contributed by atoms with van der Waals surface area (Å²) in [5, 5.41) is 23.3. The van der Waals surface area contributed by atoms with Gasteiger partial charge in [-0.2, -0.15) is 0 Å². The van der Waals surface area contributed by atoms with E-state index in [4.69, 9.17) is 23.2 Å². The van der Waals surface area contributed by atoms with Crippen LogP contribution in [-0.2, 0) is 6.54 Å². The minimum Gasteiger partial charge on any atom is -0.391 e. The Morgan fingerprint density at radius 3 is 2.41 bits per heavy atom. The van der Waals surface area contributed by atoms with E-state index in [1.165, 1.54) is 0 Å². The number of rotatable bonds is 5. The minimum absolute atomic E-state index is 0.216. The van der Waals surface area contributed by atoms with E-state index in [-0.39, 0.29) is 24.7 Å². The molecule has 2 heterocycles. The molecule has 9 heteroatoms. The van der Waals surface area contributed by atoms with Crippen LogP contribution in [-0.4, -0.2) is 43.5 Å². The maximum atomic E-state index is 13.1. The maximum Gasteiger partial charge on any atom is 0.318 e. The quantitative estimate of drug-likeness (QED) is 0.570. The van der Waals surface area contributed by atoms with Gasteiger partial charge < -0.3 is 19.9 Å². The summed E-state index contributed by atoms with van der Waals surface area (Å²) < 4.78 is 1.98. The fourth-order valence-electron chi connectivity index (χ4n) is 4.00. The van der Waals surface area contributed by atoms with Crippen LogP contribution < -0.4 is 5.32 Å². The number of hydrogen-bond donors (Lipinski definition) is 2. The van der Waals surface area contributed by atoms with E-state index >= 15 is 0 Å². The van der Waals surface area contributed by atoms with Gasteiger partial charge in [-0.15, -0.1) is 10.2 Å². The molecule has 1 aliphatic rings. The summed E-state index contributed by atoms with van der Waals surface area (Å²) in [6.07, 6.45) is -0.223. The zero-order valence-electron chi connectivity index (χ0n) is 17.9. The van der Waals surface area contributed by atoms with E-state index in [1.54, 1.807) is 17.0 Å². The van der Waals surface area contributed by atoms with Crippen LogP contribution in [0.5, 0.6) is 0 Å². The highest BCUT2D eigenvalue weighted by Crippen LogP contribution is 2.32. The van der Waals surface area contributed by atoms with Gasteiger partial charge >= 0.3 is 6.03 Å². The first-order valence-electron chi connectivity index (χ1n) is 10.5. The molecule has 2 amide bonds. The van der Waals surface area contributed by atoms with Crippen molar-refractivity contribution in [1.29, 1.82) is 0 Å². The zero-order valence-corrected chi connectivity index (χ0v) is 19.4. The number of aliphatic hydroxyl groups excluding tert-OH is 1. The summed E-state index contributed by atoms with van der Waals surface area (Å²) in [6, 6.07) is 14.1. The SMILES string of the molecule is Cc1nnc([C@H]2C[C@@H](O)CN2C(=O)N[C@@H](C)c2ccc(Cl)cc2)n1Cc1ccc(Cl)cc1. The number of nitrogens with zero attached hydrogens (tertiary/aromatic N) is 4. The van der Waals surface area contributed by atoms with Crippen molar-refractivity contribution in [3.8, 4) is 0 Å². The summed E-state index contributed by atoms with van der Waals surface area (Å²) >= 11 is 12.0. The third-order valence-corrected chi connectivity index (χ3v) is 6.27. The number of aliphatic hydroxyl groups is 1. The summed E-state index contributed by atoms with van der Waals surface area (Å²) in [6.45, 7) is 4.58. The molecule has 0 aliphatic carbocycles. The van der Waals surface area contributed by atoms with Gasteiger partial charge in [-0.3, -0.25) is 0 Å². The molecular formula is C23H25Cl2N5O2. The number of aryl methyl sites for hydroxylation is 1. The fourth-order valence-corrected chi connectivity index (χ4v) is 4.25. The lowest BCUT2D eigenvalue weighted by molar-refractivity contribution is 0.167. The second-order valence-electron chi connectivity index (χ2n) is 8.10. The molecule has 7 nitrogen and oxygen atoms in total. The Morgan fingerprint density at radius 2 is 1.75 bits per heavy atom. The Bertz CT molecular complexity index is 1080. The van der Waals surface area contributed by atoms with Crippen molar-refractivity contribution in [2.24, 2.45) is 0 Å². The van der Waals surface area contributed by atoms with Gasteiger partial charge in [0.1, 0.15) is 5.82 Å². The topological polar surface area (TPSA) is 83.3 Å². The molecule has 1 fully saturated rings. The molecule has 32 heavy (non-hydrogen) atoms. The molecule has 3 aromatic rings. The lowest BCUT2D eigenvalue weighted by Gasteiger charge is -2.26. The van der Waals surface area contributed by atoms with Crippen LogP contribution in [0.25, 0.3) is 0 Å². The highest BCUT2D eigenvalue weighted by atomic mass is 35.5. The first-order valence-corrected chi connectivity index (χ1v) is 11.2. The predicted octanol–water partition coefficient (Wildman–Crippen LogP) is 4.52. The Morgan fingerprint density at radius 1 is 1.12 bits per heavy atom. The average molecular weight is 474 g/mol. The molecule has 0 unspecified atom stereocenters. The molecule has 1 saturated heterocycles. The van der Waals surface area contributed by atoms with Gasteiger partial charge in [0, 0.05) is 23.0 Å². The van der Waals surface area contributed by atoms with E-state index in [1.807, 2.05) is 54.8 Å². The summed E-state index contributed by atoms with van der Waals surface area (Å²) in [7, 11) is 0. The minimum atomic E-state index is -0.627. The molecule has 0 radical (unpaired) electrons. The molecule has 0 spiro atoms. The normalized spacial score (nSPS) is 19.2. The molecule has 0 saturated carbocycles. The van der Waals surface area contributed by atoms with E-state index < -0.39 is 6.10 Å². The van der Waals surface area contributed by atoms with Crippen molar-refractivity contribution in [2.45, 2.75) is 45.0 Å². The first kappa shape index (κ1) is 22.6. The monoisotopic (exact) mass is 473 g/mol. The number of urea groups is 1. The number of amides is 2. The number of aromatic nitrogens is 3. The molecular weight excluding hydrogens is 449 g/mol. The highest BCUT2D eigenvalue weighted by molar-refractivity contribution is 6.30. The lowest BCUT2D eigenvalue weighted by Crippen LogP contribution is -2.41. The van der Waals surface area contributed by atoms with Crippen molar-refractivity contribution in [1.82, 2.24) is 25.0 Å². The molecule has 1 aliphatic heterocycles. The van der Waals surface area contributed by atoms with E-state index in [2.05, 4.69) is 15.5 Å². The predicted molar refractivity (Wildman–Crippen MR) is 124 cm³/mol. The van der Waals surface area contributed by atoms with Crippen LogP contribution in [0.4, 0.5) is 4.79 Å². The molecule has 4 rings (SSSR count). The van der Waals surface area contributed by atoms with Crippen molar-refractivity contribution >= 4 is 29.2 Å². The van der Waals surface area contributed by atoms with Crippen molar-refractivity contribution < 1.29 is 9.90 Å². The van der Waals surface area contributed by atoms with Crippen molar-refractivity contribution in [3.63, 3.8) is 0 Å². The third kappa shape index (κ3) is 4.90. The number of halogens is 2. The van der Waals surface area contributed by atoms with Crippen LogP contribution >= 0.6 is 23.2 Å². The Balaban J connectivity index is 1.54. The van der Waals surface area contributed by atoms with Gasteiger partial charge in [0.05, 0.1) is 24.7 Å². The standard InChI is InChI=1S/C23H25Cl2N5O2/c1-14(17-5-9-19(25)10-6-17)26-23(32)30-13-20(31)11-21(30)22-28-27-15(2)29(22)12-16-3-7-18(24)8-4-16/h3-10,14,20-21,31H,11-13H2,1-2H3,(H,26,32)/t14-,20+,21+/m0/s1. The number of nitrogens with one attached hydrogen (secondary N) is 1. The average Bonchev–Trinajstić information content (AvgIpc) is 3.32. The fraction of sp³-hybridized carbons (Fsp3) is 0.348. The van der Waals surface area contributed by atoms with E-state index in [9.17, 15) is 9.90 Å². The number of benzene rings is 2. The van der Waals surface area contributed by atoms with Gasteiger partial charge in [0.15, 0.2) is 5.82 Å². The van der Waals surface area contributed by atoms with Crippen LogP contribution in [0, 0.1) is 6.92 Å². The number of likely N-dealkylation sites (tertiary alicyclic amines) is 1. The van der Waals surface area contributed by atoms with Gasteiger partial charge in [-0.25, -0.2) is 4.79 Å². The van der Waals surface area contributed by atoms with Gasteiger partial charge in [0.25, 0.3) is 0 Å². The Hall–Kier alpha value is -2.61. The number of carbonyl (C=O) groups excluding carboxylic acids is 1. The second kappa shape index (κ2) is 9.48. The zero-order chi connectivity index (χ0) is 22.8. The maximum absolute atomic E-state index is 13.1. The smallest absolute Gasteiger partial charge is 0.318 e. The van der Waals surface area contributed by atoms with Crippen LogP contribution in [0.3, 0.4) is 0 Å². The first-order chi connectivity index (χ1) is 15.3. The van der Waals surface area contributed by atoms with Crippen molar-refractivity contribution in [2.75, 3.05) is 6.54 Å². The number of carbonyl (C=O) groups is 1. The number of hydrogen-bond acceptors (Lipinski definition) is 4. The lowest BCUT2D eigenvalue weighted by atomic mass is 10.1. The third-order valence-electron chi connectivity index (χ3n) is 5.77. The summed E-state index contributed by atoms with van der Waals surface area (Å²) in [5.74, 6) is 1.40. The molecule has 2 aromatic carbocycles. The molecule has 2 N–H and O–H groups in total. The van der Waals surface area contributed by atoms with E-state index in [0.29, 0.717) is 28.8 Å². The molecule has 1 aromatic heterocycles. The summed E-state index contributed by atoms with van der Waals surface area (Å²) in [4.78, 5) is 14.8. The van der Waals surface area contributed by atoms with Gasteiger partial charge in [-0.05, 0) is 49.2 Å². The van der Waals surface area contributed by atoms with Crippen molar-refractivity contribution in [3.05, 3.63) is 81.4 Å². The number of β-amino-alcohol motifs (C(OH)–C–C–N with tert-alkyl or cyclic N) is 1. The van der Waals surface area contributed by atoms with Crippen LogP contribution in [0.15, 0.2) is 48.5 Å². The van der Waals surface area contributed by atoms with Crippen LogP contribution in [0.1, 0.15) is 48.2 Å². The van der Waals surface area contributed by atoms with Gasteiger partial charge in [-0.1, -0.05) is 47.5 Å².